The van der Waals surface area contributed by atoms with Gasteiger partial charge < -0.3 is 16.0 Å². The maximum atomic E-state index is 11.1. The zero-order valence-corrected chi connectivity index (χ0v) is 11.9. The predicted octanol–water partition coefficient (Wildman–Crippen LogP) is 1.41. The van der Waals surface area contributed by atoms with Gasteiger partial charge in [-0.05, 0) is 13.3 Å². The molecule has 0 unspecified atom stereocenters. The Bertz CT molecular complexity index is 384. The molecule has 0 spiro atoms. The van der Waals surface area contributed by atoms with Gasteiger partial charge in [0, 0.05) is 39.0 Å². The molecule has 0 radical (unpaired) electrons. The third-order valence-corrected chi connectivity index (χ3v) is 2.54. The Morgan fingerprint density at radius 3 is 2.47 bits per heavy atom. The lowest BCUT2D eigenvalue weighted by atomic mass is 10.3. The maximum absolute atomic E-state index is 11.1. The summed E-state index contributed by atoms with van der Waals surface area (Å²) in [4.78, 5) is 20.0. The third kappa shape index (κ3) is 5.54. The van der Waals surface area contributed by atoms with Crippen molar-refractivity contribution in [1.82, 2.24) is 15.3 Å². The van der Waals surface area contributed by atoms with Crippen LogP contribution < -0.4 is 16.0 Å². The highest BCUT2D eigenvalue weighted by molar-refractivity contribution is 5.76. The lowest BCUT2D eigenvalue weighted by Gasteiger charge is -2.10. The lowest BCUT2D eigenvalue weighted by molar-refractivity contribution is -0.120. The summed E-state index contributed by atoms with van der Waals surface area (Å²) in [7, 11) is 1.63. The number of nitrogens with zero attached hydrogens (tertiary/aromatic N) is 2. The second-order valence-corrected chi connectivity index (χ2v) is 4.18. The number of anilines is 2. The van der Waals surface area contributed by atoms with Crippen LogP contribution >= 0.6 is 0 Å². The van der Waals surface area contributed by atoms with Crippen molar-refractivity contribution < 1.29 is 4.79 Å². The van der Waals surface area contributed by atoms with Crippen LogP contribution in [0.1, 0.15) is 32.5 Å². The van der Waals surface area contributed by atoms with Gasteiger partial charge in [0.25, 0.3) is 0 Å². The quantitative estimate of drug-likeness (QED) is 0.662. The van der Waals surface area contributed by atoms with E-state index < -0.39 is 0 Å². The first-order chi connectivity index (χ1) is 9.19. The van der Waals surface area contributed by atoms with Crippen LogP contribution in [0.2, 0.25) is 0 Å². The predicted molar refractivity (Wildman–Crippen MR) is 77.4 cm³/mol. The summed E-state index contributed by atoms with van der Waals surface area (Å²) in [5, 5.41) is 8.93. The molecule has 1 aromatic rings. The van der Waals surface area contributed by atoms with Gasteiger partial charge in [-0.2, -0.15) is 0 Å². The number of amides is 1. The molecule has 0 aromatic carbocycles. The summed E-state index contributed by atoms with van der Waals surface area (Å²) in [6, 6.07) is 1.87. The summed E-state index contributed by atoms with van der Waals surface area (Å²) in [6.45, 7) is 5.51. The zero-order chi connectivity index (χ0) is 14.1. The first kappa shape index (κ1) is 15.2. The van der Waals surface area contributed by atoms with Crippen molar-refractivity contribution in [2.75, 3.05) is 30.8 Å². The molecule has 106 valence electrons. The van der Waals surface area contributed by atoms with Crippen molar-refractivity contribution in [3.8, 4) is 0 Å². The van der Waals surface area contributed by atoms with Crippen molar-refractivity contribution in [2.24, 2.45) is 0 Å². The van der Waals surface area contributed by atoms with Crippen molar-refractivity contribution in [2.45, 2.75) is 33.1 Å². The number of hydrogen-bond acceptors (Lipinski definition) is 5. The van der Waals surface area contributed by atoms with Crippen LogP contribution in [-0.4, -0.2) is 36.0 Å². The van der Waals surface area contributed by atoms with E-state index in [4.69, 9.17) is 0 Å². The van der Waals surface area contributed by atoms with Crippen molar-refractivity contribution in [3.63, 3.8) is 0 Å². The van der Waals surface area contributed by atoms with Crippen LogP contribution in [0, 0.1) is 0 Å². The highest BCUT2D eigenvalue weighted by Gasteiger charge is 2.04. The SMILES string of the molecule is CCCc1nc(NCC)cc(NCCC(=O)NC)n1. The normalized spacial score (nSPS) is 10.1. The number of nitrogens with one attached hydrogen (secondary N) is 3. The second kappa shape index (κ2) is 8.29. The van der Waals surface area contributed by atoms with E-state index in [0.29, 0.717) is 13.0 Å². The van der Waals surface area contributed by atoms with Crippen LogP contribution in [0.15, 0.2) is 6.07 Å². The Morgan fingerprint density at radius 2 is 1.89 bits per heavy atom. The van der Waals surface area contributed by atoms with Crippen LogP contribution in [-0.2, 0) is 11.2 Å². The van der Waals surface area contributed by atoms with E-state index in [1.807, 2.05) is 13.0 Å². The molecular formula is C13H23N5O. The fourth-order valence-corrected chi connectivity index (χ4v) is 1.62. The van der Waals surface area contributed by atoms with Crippen molar-refractivity contribution >= 4 is 17.5 Å². The number of aryl methyl sites for hydroxylation is 1. The van der Waals surface area contributed by atoms with Crippen LogP contribution in [0.5, 0.6) is 0 Å². The minimum atomic E-state index is 0.0160. The Labute approximate surface area is 114 Å². The second-order valence-electron chi connectivity index (χ2n) is 4.18. The molecule has 0 aliphatic carbocycles. The molecule has 0 fully saturated rings. The largest absolute Gasteiger partial charge is 0.370 e. The van der Waals surface area contributed by atoms with E-state index in [1.165, 1.54) is 0 Å². The number of hydrogen-bond donors (Lipinski definition) is 3. The smallest absolute Gasteiger partial charge is 0.221 e. The molecule has 0 saturated carbocycles. The Morgan fingerprint density at radius 1 is 1.21 bits per heavy atom. The number of carbonyl (C=O) groups is 1. The van der Waals surface area contributed by atoms with Gasteiger partial charge in [-0.3, -0.25) is 4.79 Å². The molecule has 1 heterocycles. The molecule has 6 nitrogen and oxygen atoms in total. The van der Waals surface area contributed by atoms with Gasteiger partial charge in [-0.25, -0.2) is 9.97 Å². The van der Waals surface area contributed by atoms with Gasteiger partial charge >= 0.3 is 0 Å². The molecule has 0 atom stereocenters. The van der Waals surface area contributed by atoms with Gasteiger partial charge in [0.1, 0.15) is 17.5 Å². The van der Waals surface area contributed by atoms with E-state index in [0.717, 1.165) is 36.8 Å². The average Bonchev–Trinajstić information content (AvgIpc) is 2.39. The van der Waals surface area contributed by atoms with Gasteiger partial charge in [0.05, 0.1) is 0 Å². The molecule has 1 rings (SSSR count). The Kier molecular flexibility index (Phi) is 6.63. The Hall–Kier alpha value is -1.85. The summed E-state index contributed by atoms with van der Waals surface area (Å²) in [5.41, 5.74) is 0. The molecular weight excluding hydrogens is 242 g/mol. The lowest BCUT2D eigenvalue weighted by Crippen LogP contribution is -2.21. The number of aromatic nitrogens is 2. The van der Waals surface area contributed by atoms with E-state index in [2.05, 4.69) is 32.8 Å². The molecule has 0 aliphatic rings. The molecule has 0 bridgehead atoms. The zero-order valence-electron chi connectivity index (χ0n) is 11.9. The van der Waals surface area contributed by atoms with Gasteiger partial charge in [0.15, 0.2) is 0 Å². The molecule has 1 amide bonds. The van der Waals surface area contributed by atoms with E-state index in [1.54, 1.807) is 7.05 Å². The van der Waals surface area contributed by atoms with Crippen LogP contribution in [0.4, 0.5) is 11.6 Å². The standard InChI is InChI=1S/C13H23N5O/c1-4-6-10-17-11(15-5-2)9-12(18-10)16-8-7-13(19)14-3/h9H,4-8H2,1-3H3,(H,14,19)(H2,15,16,17,18). The fraction of sp³-hybridized carbons (Fsp3) is 0.615. The Balaban J connectivity index is 2.66. The number of rotatable bonds is 8. The monoisotopic (exact) mass is 265 g/mol. The summed E-state index contributed by atoms with van der Waals surface area (Å²) < 4.78 is 0. The van der Waals surface area contributed by atoms with Gasteiger partial charge in [0.2, 0.25) is 5.91 Å². The van der Waals surface area contributed by atoms with Gasteiger partial charge in [-0.1, -0.05) is 6.92 Å². The topological polar surface area (TPSA) is 78.9 Å². The summed E-state index contributed by atoms with van der Waals surface area (Å²) >= 11 is 0. The highest BCUT2D eigenvalue weighted by atomic mass is 16.1. The fourth-order valence-electron chi connectivity index (χ4n) is 1.62. The molecule has 19 heavy (non-hydrogen) atoms. The van der Waals surface area contributed by atoms with Crippen molar-refractivity contribution in [3.05, 3.63) is 11.9 Å². The minimum absolute atomic E-state index is 0.0160. The maximum Gasteiger partial charge on any atom is 0.221 e. The summed E-state index contributed by atoms with van der Waals surface area (Å²) in [6.07, 6.45) is 2.29. The van der Waals surface area contributed by atoms with Crippen LogP contribution in [0.3, 0.4) is 0 Å². The van der Waals surface area contributed by atoms with Gasteiger partial charge in [-0.15, -0.1) is 0 Å². The molecule has 0 aliphatic heterocycles. The summed E-state index contributed by atoms with van der Waals surface area (Å²) in [5.74, 6) is 2.42. The van der Waals surface area contributed by atoms with E-state index in [-0.39, 0.29) is 5.91 Å². The van der Waals surface area contributed by atoms with Crippen LogP contribution in [0.25, 0.3) is 0 Å². The molecule has 6 heteroatoms. The van der Waals surface area contributed by atoms with E-state index >= 15 is 0 Å². The van der Waals surface area contributed by atoms with E-state index in [9.17, 15) is 4.79 Å². The molecule has 0 saturated heterocycles. The minimum Gasteiger partial charge on any atom is -0.370 e. The highest BCUT2D eigenvalue weighted by Crippen LogP contribution is 2.12. The third-order valence-electron chi connectivity index (χ3n) is 2.54. The van der Waals surface area contributed by atoms with Crippen molar-refractivity contribution in [1.29, 1.82) is 0 Å². The first-order valence-electron chi connectivity index (χ1n) is 6.75. The molecule has 1 aromatic heterocycles. The first-order valence-corrected chi connectivity index (χ1v) is 6.75. The molecule has 3 N–H and O–H groups in total. The number of carbonyl (C=O) groups excluding carboxylic acids is 1. The average molecular weight is 265 g/mol.